The zero-order valence-electron chi connectivity index (χ0n) is 20.9. The number of nitrogens with one attached hydrogen (secondary N) is 1. The Hall–Kier alpha value is -4.79. The van der Waals surface area contributed by atoms with Gasteiger partial charge in [-0.3, -0.25) is 14.4 Å². The van der Waals surface area contributed by atoms with Crippen LogP contribution < -0.4 is 29.7 Å². The summed E-state index contributed by atoms with van der Waals surface area (Å²) in [6, 6.07) is 16.6. The number of nitrogens with zero attached hydrogens (tertiary/aromatic N) is 1. The largest absolute Gasteiger partial charge is 0.497 e. The summed E-state index contributed by atoms with van der Waals surface area (Å²) in [5.41, 5.74) is 0.627. The van der Waals surface area contributed by atoms with Crippen LogP contribution in [0.3, 0.4) is 0 Å². The maximum atomic E-state index is 13.4. The van der Waals surface area contributed by atoms with E-state index in [1.807, 2.05) is 0 Å². The summed E-state index contributed by atoms with van der Waals surface area (Å²) in [7, 11) is 5.94. The van der Waals surface area contributed by atoms with Crippen LogP contribution in [0.2, 0.25) is 0 Å². The number of aromatic nitrogens is 1. The second-order valence-electron chi connectivity index (χ2n) is 8.03. The van der Waals surface area contributed by atoms with Gasteiger partial charge in [0.1, 0.15) is 18.0 Å². The summed E-state index contributed by atoms with van der Waals surface area (Å²) in [4.78, 5) is 39.9. The molecule has 0 aliphatic rings. The van der Waals surface area contributed by atoms with E-state index in [0.29, 0.717) is 39.8 Å². The molecular formula is C28H26N2O7. The van der Waals surface area contributed by atoms with Gasteiger partial charge in [0, 0.05) is 23.9 Å². The molecule has 37 heavy (non-hydrogen) atoms. The van der Waals surface area contributed by atoms with Gasteiger partial charge in [-0.25, -0.2) is 0 Å². The molecule has 0 saturated heterocycles. The first-order valence-corrected chi connectivity index (χ1v) is 11.3. The first kappa shape index (κ1) is 25.3. The molecule has 1 N–H and O–H groups in total. The quantitative estimate of drug-likeness (QED) is 0.346. The van der Waals surface area contributed by atoms with Crippen molar-refractivity contribution in [2.24, 2.45) is 0 Å². The van der Waals surface area contributed by atoms with E-state index in [-0.39, 0.29) is 17.5 Å². The van der Waals surface area contributed by atoms with Crippen LogP contribution in [0.4, 0.5) is 5.69 Å². The minimum atomic E-state index is -0.476. The Morgan fingerprint density at radius 3 is 2.14 bits per heavy atom. The van der Waals surface area contributed by atoms with Gasteiger partial charge in [0.25, 0.3) is 0 Å². The van der Waals surface area contributed by atoms with Gasteiger partial charge in [-0.1, -0.05) is 30.3 Å². The predicted molar refractivity (Wildman–Crippen MR) is 139 cm³/mol. The Kier molecular flexibility index (Phi) is 7.43. The number of hydrogen-bond donors (Lipinski definition) is 1. The maximum absolute atomic E-state index is 13.4. The summed E-state index contributed by atoms with van der Waals surface area (Å²) in [6.07, 6.45) is 1.40. The van der Waals surface area contributed by atoms with E-state index in [4.69, 9.17) is 18.9 Å². The molecule has 0 bridgehead atoms. The lowest BCUT2D eigenvalue weighted by atomic mass is 10.0. The van der Waals surface area contributed by atoms with Crippen LogP contribution in [0.15, 0.2) is 71.7 Å². The van der Waals surface area contributed by atoms with Crippen LogP contribution in [-0.2, 0) is 11.3 Å². The number of anilines is 1. The molecule has 0 atom stereocenters. The van der Waals surface area contributed by atoms with Crippen LogP contribution in [0.25, 0.3) is 10.9 Å². The van der Waals surface area contributed by atoms with Gasteiger partial charge in [-0.2, -0.15) is 0 Å². The molecule has 190 valence electrons. The van der Waals surface area contributed by atoms with E-state index < -0.39 is 17.1 Å². The molecule has 4 rings (SSSR count). The highest BCUT2D eigenvalue weighted by atomic mass is 16.5. The third-order valence-corrected chi connectivity index (χ3v) is 5.86. The van der Waals surface area contributed by atoms with E-state index in [1.165, 1.54) is 45.3 Å². The van der Waals surface area contributed by atoms with E-state index in [0.717, 1.165) is 0 Å². The number of carbonyl (C=O) groups excluding carboxylic acids is 2. The second-order valence-corrected chi connectivity index (χ2v) is 8.03. The highest BCUT2D eigenvalue weighted by Gasteiger charge is 2.21. The van der Waals surface area contributed by atoms with E-state index >= 15 is 0 Å². The molecule has 1 amide bonds. The molecule has 1 aromatic heterocycles. The van der Waals surface area contributed by atoms with Crippen molar-refractivity contribution in [2.75, 3.05) is 33.8 Å². The van der Waals surface area contributed by atoms with E-state index in [2.05, 4.69) is 5.32 Å². The maximum Gasteiger partial charge on any atom is 0.244 e. The van der Waals surface area contributed by atoms with Crippen molar-refractivity contribution in [1.82, 2.24) is 4.57 Å². The molecule has 9 nitrogen and oxygen atoms in total. The van der Waals surface area contributed by atoms with Crippen LogP contribution >= 0.6 is 0 Å². The predicted octanol–water partition coefficient (Wildman–Crippen LogP) is 3.91. The van der Waals surface area contributed by atoms with Gasteiger partial charge in [0.15, 0.2) is 17.3 Å². The average molecular weight is 503 g/mol. The van der Waals surface area contributed by atoms with Crippen molar-refractivity contribution in [3.05, 3.63) is 88.2 Å². The summed E-state index contributed by atoms with van der Waals surface area (Å²) in [5.74, 6) is 0.826. The standard InChI is InChI=1S/C28H26N2O7/c1-34-18-10-11-23(35-2)21(12-18)29-26(31)16-30-15-20(27(32)17-8-6-5-7-9-17)28(33)19-13-24(36-3)25(37-4)14-22(19)30/h5-15H,16H2,1-4H3,(H,29,31). The first-order chi connectivity index (χ1) is 17.9. The van der Waals surface area contributed by atoms with Gasteiger partial charge in [-0.05, 0) is 18.2 Å². The summed E-state index contributed by atoms with van der Waals surface area (Å²) >= 11 is 0. The minimum absolute atomic E-state index is 0.0716. The minimum Gasteiger partial charge on any atom is -0.497 e. The smallest absolute Gasteiger partial charge is 0.244 e. The Morgan fingerprint density at radius 2 is 1.49 bits per heavy atom. The molecule has 0 aliphatic carbocycles. The zero-order valence-corrected chi connectivity index (χ0v) is 20.9. The lowest BCUT2D eigenvalue weighted by Gasteiger charge is -2.17. The lowest BCUT2D eigenvalue weighted by Crippen LogP contribution is -2.24. The van der Waals surface area contributed by atoms with Crippen molar-refractivity contribution in [1.29, 1.82) is 0 Å². The van der Waals surface area contributed by atoms with Crippen LogP contribution in [0.1, 0.15) is 15.9 Å². The number of ketones is 1. The molecule has 3 aromatic carbocycles. The fourth-order valence-electron chi connectivity index (χ4n) is 4.01. The number of benzene rings is 3. The van der Waals surface area contributed by atoms with Gasteiger partial charge in [0.2, 0.25) is 11.3 Å². The Morgan fingerprint density at radius 1 is 0.811 bits per heavy atom. The molecular weight excluding hydrogens is 476 g/mol. The third-order valence-electron chi connectivity index (χ3n) is 5.86. The Labute approximate surface area is 213 Å². The molecule has 0 spiro atoms. The van der Waals surface area contributed by atoms with Crippen molar-refractivity contribution in [3.8, 4) is 23.0 Å². The van der Waals surface area contributed by atoms with Crippen molar-refractivity contribution in [3.63, 3.8) is 0 Å². The number of ether oxygens (including phenoxy) is 4. The fraction of sp³-hybridized carbons (Fsp3) is 0.179. The average Bonchev–Trinajstić information content (AvgIpc) is 2.93. The Bertz CT molecular complexity index is 1530. The molecule has 4 aromatic rings. The van der Waals surface area contributed by atoms with Gasteiger partial charge in [-0.15, -0.1) is 0 Å². The van der Waals surface area contributed by atoms with Crippen molar-refractivity contribution in [2.45, 2.75) is 6.54 Å². The first-order valence-electron chi connectivity index (χ1n) is 11.3. The molecule has 0 radical (unpaired) electrons. The number of carbonyl (C=O) groups is 2. The number of hydrogen-bond acceptors (Lipinski definition) is 7. The van der Waals surface area contributed by atoms with Crippen LogP contribution in [0.5, 0.6) is 23.0 Å². The summed E-state index contributed by atoms with van der Waals surface area (Å²) in [5, 5.41) is 3.03. The number of rotatable bonds is 9. The number of amides is 1. The van der Waals surface area contributed by atoms with Crippen LogP contribution in [0, 0.1) is 0 Å². The number of pyridine rings is 1. The topological polar surface area (TPSA) is 105 Å². The normalized spacial score (nSPS) is 10.6. The molecule has 1 heterocycles. The molecule has 0 aliphatic heterocycles. The number of methoxy groups -OCH3 is 4. The van der Waals surface area contributed by atoms with E-state index in [1.54, 1.807) is 54.6 Å². The molecule has 0 fully saturated rings. The summed E-state index contributed by atoms with van der Waals surface area (Å²) in [6.45, 7) is -0.207. The Balaban J connectivity index is 1.82. The second kappa shape index (κ2) is 10.9. The van der Waals surface area contributed by atoms with Crippen molar-refractivity contribution < 1.29 is 28.5 Å². The fourth-order valence-corrected chi connectivity index (χ4v) is 4.01. The zero-order chi connectivity index (χ0) is 26.5. The monoisotopic (exact) mass is 502 g/mol. The van der Waals surface area contributed by atoms with Gasteiger partial charge in [0.05, 0.1) is 50.6 Å². The molecule has 0 unspecified atom stereocenters. The molecule has 0 saturated carbocycles. The SMILES string of the molecule is COc1ccc(OC)c(NC(=O)Cn2cc(C(=O)c3ccccc3)c(=O)c3cc(OC)c(OC)cc32)c1. The lowest BCUT2D eigenvalue weighted by molar-refractivity contribution is -0.116. The molecule has 9 heteroatoms. The van der Waals surface area contributed by atoms with Gasteiger partial charge >= 0.3 is 0 Å². The highest BCUT2D eigenvalue weighted by Crippen LogP contribution is 2.32. The highest BCUT2D eigenvalue weighted by molar-refractivity contribution is 6.10. The third kappa shape index (κ3) is 5.11. The summed E-state index contributed by atoms with van der Waals surface area (Å²) < 4.78 is 22.9. The van der Waals surface area contributed by atoms with E-state index in [9.17, 15) is 14.4 Å². The van der Waals surface area contributed by atoms with Crippen LogP contribution in [-0.4, -0.2) is 44.7 Å². The number of fused-ring (bicyclic) bond motifs is 1. The van der Waals surface area contributed by atoms with Gasteiger partial charge < -0.3 is 28.8 Å². The van der Waals surface area contributed by atoms with Crippen molar-refractivity contribution >= 4 is 28.3 Å².